The van der Waals surface area contributed by atoms with Crippen molar-refractivity contribution >= 4 is 0 Å². The molecular weight excluding hydrogens is 232 g/mol. The molecule has 19 heavy (non-hydrogen) atoms. The fourth-order valence-electron chi connectivity index (χ4n) is 3.57. The van der Waals surface area contributed by atoms with Gasteiger partial charge in [0.2, 0.25) is 0 Å². The normalized spacial score (nSPS) is 25.8. The van der Waals surface area contributed by atoms with E-state index in [2.05, 4.69) is 40.5 Å². The standard InChI is InChI=1S/C17H26N2/c1-2-4-16(5-3-1)17-9-13-19(14-17)12-8-15-6-10-18-11-7-15/h1-5,15,17-18H,6-14H2. The first-order chi connectivity index (χ1) is 9.42. The minimum absolute atomic E-state index is 0.772. The Labute approximate surface area is 117 Å². The van der Waals surface area contributed by atoms with Crippen LogP contribution in [0, 0.1) is 5.92 Å². The van der Waals surface area contributed by atoms with E-state index in [0.29, 0.717) is 0 Å². The molecule has 2 saturated heterocycles. The number of hydrogen-bond donors (Lipinski definition) is 1. The summed E-state index contributed by atoms with van der Waals surface area (Å²) in [5.74, 6) is 1.74. The van der Waals surface area contributed by atoms with Crippen molar-refractivity contribution in [3.63, 3.8) is 0 Å². The summed E-state index contributed by atoms with van der Waals surface area (Å²) in [7, 11) is 0. The summed E-state index contributed by atoms with van der Waals surface area (Å²) in [6, 6.07) is 11.1. The third-order valence-electron chi connectivity index (χ3n) is 4.86. The highest BCUT2D eigenvalue weighted by Crippen LogP contribution is 2.27. The zero-order valence-electron chi connectivity index (χ0n) is 11.9. The van der Waals surface area contributed by atoms with Gasteiger partial charge in [0.1, 0.15) is 0 Å². The molecule has 0 spiro atoms. The molecule has 0 aromatic heterocycles. The van der Waals surface area contributed by atoms with E-state index < -0.39 is 0 Å². The number of rotatable bonds is 4. The first kappa shape index (κ1) is 13.1. The summed E-state index contributed by atoms with van der Waals surface area (Å²) in [4.78, 5) is 2.68. The molecule has 2 aliphatic heterocycles. The van der Waals surface area contributed by atoms with E-state index in [9.17, 15) is 0 Å². The van der Waals surface area contributed by atoms with Crippen molar-refractivity contribution in [2.75, 3.05) is 32.7 Å². The van der Waals surface area contributed by atoms with Crippen molar-refractivity contribution < 1.29 is 0 Å². The molecule has 0 bridgehead atoms. The predicted octanol–water partition coefficient (Wildman–Crippen LogP) is 2.87. The van der Waals surface area contributed by atoms with Gasteiger partial charge in [-0.05, 0) is 69.3 Å². The molecule has 2 heteroatoms. The van der Waals surface area contributed by atoms with Crippen molar-refractivity contribution in [3.8, 4) is 0 Å². The Bertz CT molecular complexity index is 370. The average Bonchev–Trinajstić information content (AvgIpc) is 2.96. The van der Waals surface area contributed by atoms with Crippen LogP contribution in [0.5, 0.6) is 0 Å². The molecule has 2 fully saturated rings. The van der Waals surface area contributed by atoms with E-state index in [1.807, 2.05) is 0 Å². The maximum absolute atomic E-state index is 3.46. The van der Waals surface area contributed by atoms with Gasteiger partial charge in [-0.2, -0.15) is 0 Å². The molecule has 0 aliphatic carbocycles. The van der Waals surface area contributed by atoms with Crippen LogP contribution in [-0.4, -0.2) is 37.6 Å². The van der Waals surface area contributed by atoms with Crippen LogP contribution < -0.4 is 5.32 Å². The van der Waals surface area contributed by atoms with Crippen LogP contribution in [0.25, 0.3) is 0 Å². The SMILES string of the molecule is c1ccc(C2CCN(CCC3CCNCC3)C2)cc1. The van der Waals surface area contributed by atoms with E-state index in [1.165, 1.54) is 64.0 Å². The number of nitrogens with zero attached hydrogens (tertiary/aromatic N) is 1. The number of nitrogens with one attached hydrogen (secondary N) is 1. The Morgan fingerprint density at radius 2 is 1.84 bits per heavy atom. The molecular formula is C17H26N2. The Morgan fingerprint density at radius 3 is 2.63 bits per heavy atom. The van der Waals surface area contributed by atoms with Gasteiger partial charge in [-0.15, -0.1) is 0 Å². The Hall–Kier alpha value is -0.860. The Kier molecular flexibility index (Phi) is 4.52. The smallest absolute Gasteiger partial charge is 0.00507 e. The molecule has 0 amide bonds. The maximum atomic E-state index is 3.46. The highest BCUT2D eigenvalue weighted by atomic mass is 15.1. The molecule has 1 N–H and O–H groups in total. The second-order valence-corrected chi connectivity index (χ2v) is 6.18. The molecule has 2 heterocycles. The van der Waals surface area contributed by atoms with Crippen LogP contribution in [-0.2, 0) is 0 Å². The number of hydrogen-bond acceptors (Lipinski definition) is 2. The van der Waals surface area contributed by atoms with Crippen molar-refractivity contribution in [1.29, 1.82) is 0 Å². The van der Waals surface area contributed by atoms with Crippen LogP contribution >= 0.6 is 0 Å². The highest BCUT2D eigenvalue weighted by molar-refractivity contribution is 5.20. The minimum Gasteiger partial charge on any atom is -0.317 e. The van der Waals surface area contributed by atoms with Gasteiger partial charge in [0.15, 0.2) is 0 Å². The van der Waals surface area contributed by atoms with Crippen LogP contribution in [0.3, 0.4) is 0 Å². The molecule has 3 rings (SSSR count). The van der Waals surface area contributed by atoms with E-state index >= 15 is 0 Å². The van der Waals surface area contributed by atoms with Gasteiger partial charge in [-0.25, -0.2) is 0 Å². The zero-order chi connectivity index (χ0) is 12.9. The van der Waals surface area contributed by atoms with Crippen molar-refractivity contribution in [2.24, 2.45) is 5.92 Å². The van der Waals surface area contributed by atoms with Crippen LogP contribution in [0.1, 0.15) is 37.2 Å². The van der Waals surface area contributed by atoms with E-state index in [-0.39, 0.29) is 0 Å². The minimum atomic E-state index is 0.772. The first-order valence-electron chi connectivity index (χ1n) is 7.90. The average molecular weight is 258 g/mol. The predicted molar refractivity (Wildman–Crippen MR) is 80.5 cm³/mol. The molecule has 0 radical (unpaired) electrons. The third-order valence-corrected chi connectivity index (χ3v) is 4.86. The molecule has 1 atom stereocenters. The van der Waals surface area contributed by atoms with Gasteiger partial charge in [0, 0.05) is 6.54 Å². The Morgan fingerprint density at radius 1 is 1.05 bits per heavy atom. The monoisotopic (exact) mass is 258 g/mol. The lowest BCUT2D eigenvalue weighted by molar-refractivity contribution is 0.270. The first-order valence-corrected chi connectivity index (χ1v) is 7.90. The molecule has 104 valence electrons. The summed E-state index contributed by atoms with van der Waals surface area (Å²) in [6.07, 6.45) is 5.52. The van der Waals surface area contributed by atoms with Gasteiger partial charge in [-0.3, -0.25) is 0 Å². The lowest BCUT2D eigenvalue weighted by Gasteiger charge is -2.25. The quantitative estimate of drug-likeness (QED) is 0.893. The molecule has 1 aromatic carbocycles. The van der Waals surface area contributed by atoms with Crippen molar-refractivity contribution in [1.82, 2.24) is 10.2 Å². The molecule has 1 aromatic rings. The lowest BCUT2D eigenvalue weighted by atomic mass is 9.94. The van der Waals surface area contributed by atoms with E-state index in [4.69, 9.17) is 0 Å². The van der Waals surface area contributed by atoms with Crippen molar-refractivity contribution in [3.05, 3.63) is 35.9 Å². The van der Waals surface area contributed by atoms with Crippen molar-refractivity contribution in [2.45, 2.75) is 31.6 Å². The van der Waals surface area contributed by atoms with Crippen LogP contribution in [0.2, 0.25) is 0 Å². The zero-order valence-corrected chi connectivity index (χ0v) is 11.9. The summed E-state index contributed by atoms with van der Waals surface area (Å²) < 4.78 is 0. The van der Waals surface area contributed by atoms with Crippen LogP contribution in [0.15, 0.2) is 30.3 Å². The second-order valence-electron chi connectivity index (χ2n) is 6.18. The van der Waals surface area contributed by atoms with Gasteiger partial charge in [-0.1, -0.05) is 30.3 Å². The Balaban J connectivity index is 1.44. The van der Waals surface area contributed by atoms with Gasteiger partial charge in [0.25, 0.3) is 0 Å². The van der Waals surface area contributed by atoms with Gasteiger partial charge in [0.05, 0.1) is 0 Å². The van der Waals surface area contributed by atoms with E-state index in [0.717, 1.165) is 11.8 Å². The fourth-order valence-corrected chi connectivity index (χ4v) is 3.57. The molecule has 2 aliphatic rings. The molecule has 2 nitrogen and oxygen atoms in total. The van der Waals surface area contributed by atoms with Gasteiger partial charge >= 0.3 is 0 Å². The summed E-state index contributed by atoms with van der Waals surface area (Å²) in [5, 5.41) is 3.46. The van der Waals surface area contributed by atoms with Crippen LogP contribution in [0.4, 0.5) is 0 Å². The lowest BCUT2D eigenvalue weighted by Crippen LogP contribution is -2.30. The fraction of sp³-hybridized carbons (Fsp3) is 0.647. The number of likely N-dealkylation sites (tertiary alicyclic amines) is 1. The summed E-state index contributed by atoms with van der Waals surface area (Å²) in [5.41, 5.74) is 1.53. The highest BCUT2D eigenvalue weighted by Gasteiger charge is 2.24. The second kappa shape index (κ2) is 6.53. The summed E-state index contributed by atoms with van der Waals surface area (Å²) >= 11 is 0. The largest absolute Gasteiger partial charge is 0.317 e. The number of benzene rings is 1. The molecule has 1 unspecified atom stereocenters. The van der Waals surface area contributed by atoms with Gasteiger partial charge < -0.3 is 10.2 Å². The molecule has 0 saturated carbocycles. The maximum Gasteiger partial charge on any atom is 0.00507 e. The number of piperidine rings is 1. The van der Waals surface area contributed by atoms with E-state index in [1.54, 1.807) is 0 Å². The third kappa shape index (κ3) is 3.58. The summed E-state index contributed by atoms with van der Waals surface area (Å²) in [6.45, 7) is 6.35. The topological polar surface area (TPSA) is 15.3 Å².